The Morgan fingerprint density at radius 3 is 2.91 bits per heavy atom. The van der Waals surface area contributed by atoms with Crippen LogP contribution in [0.3, 0.4) is 0 Å². The number of hydrogen-bond acceptors (Lipinski definition) is 6. The molecule has 5 nitrogen and oxygen atoms in total. The molecule has 1 saturated heterocycles. The van der Waals surface area contributed by atoms with Gasteiger partial charge in [0.1, 0.15) is 6.10 Å². The van der Waals surface area contributed by atoms with E-state index in [9.17, 15) is 4.79 Å². The van der Waals surface area contributed by atoms with E-state index >= 15 is 0 Å². The Kier molecular flexibility index (Phi) is 5.21. The number of rotatable bonds is 3. The van der Waals surface area contributed by atoms with Crippen LogP contribution in [0.5, 0.6) is 0 Å². The number of hydrogen-bond donors (Lipinski definition) is 0. The van der Waals surface area contributed by atoms with Crippen molar-refractivity contribution in [1.82, 2.24) is 4.98 Å². The average Bonchev–Trinajstić information content (AvgIpc) is 2.97. The van der Waals surface area contributed by atoms with Crippen LogP contribution in [0.2, 0.25) is 5.15 Å². The molecular weight excluding hydrogens is 404 g/mol. The fraction of sp³-hybridized carbons (Fsp3) is 0.333. The van der Waals surface area contributed by atoms with Crippen molar-refractivity contribution in [3.63, 3.8) is 0 Å². The van der Waals surface area contributed by atoms with Gasteiger partial charge in [0.05, 0.1) is 20.3 Å². The quantitative estimate of drug-likeness (QED) is 0.708. The van der Waals surface area contributed by atoms with Crippen molar-refractivity contribution in [2.75, 3.05) is 31.7 Å². The summed E-state index contributed by atoms with van der Waals surface area (Å²) in [5.74, 6) is -0.462. The summed E-state index contributed by atoms with van der Waals surface area (Å²) < 4.78 is 11.6. The summed E-state index contributed by atoms with van der Waals surface area (Å²) in [6.45, 7) is 1.95. The van der Waals surface area contributed by atoms with Gasteiger partial charge in [0.2, 0.25) is 0 Å². The van der Waals surface area contributed by atoms with Gasteiger partial charge in [-0.05, 0) is 17.7 Å². The van der Waals surface area contributed by atoms with Gasteiger partial charge in [0.25, 0.3) is 0 Å². The molecule has 2 heterocycles. The van der Waals surface area contributed by atoms with E-state index in [1.54, 1.807) is 0 Å². The molecule has 1 unspecified atom stereocenters. The van der Waals surface area contributed by atoms with Crippen molar-refractivity contribution in [3.05, 3.63) is 44.3 Å². The van der Waals surface area contributed by atoms with E-state index < -0.39 is 5.97 Å². The van der Waals surface area contributed by atoms with Crippen molar-refractivity contribution in [1.29, 1.82) is 0 Å². The molecule has 23 heavy (non-hydrogen) atoms. The normalized spacial score (nSPS) is 18.0. The molecule has 0 bridgehead atoms. The molecule has 0 amide bonds. The lowest BCUT2D eigenvalue weighted by Gasteiger charge is -2.33. The Hall–Kier alpha value is -1.15. The summed E-state index contributed by atoms with van der Waals surface area (Å²) >= 11 is 10.7. The highest BCUT2D eigenvalue weighted by Gasteiger charge is 2.26. The first-order valence-corrected chi connectivity index (χ1v) is 8.94. The zero-order valence-electron chi connectivity index (χ0n) is 12.3. The second kappa shape index (κ2) is 7.17. The van der Waals surface area contributed by atoms with E-state index in [-0.39, 0.29) is 11.3 Å². The topological polar surface area (TPSA) is 51.7 Å². The summed E-state index contributed by atoms with van der Waals surface area (Å²) in [5, 5.41) is 0.893. The van der Waals surface area contributed by atoms with Gasteiger partial charge in [0.15, 0.2) is 15.2 Å². The van der Waals surface area contributed by atoms with Crippen molar-refractivity contribution in [3.8, 4) is 0 Å². The molecule has 0 saturated carbocycles. The van der Waals surface area contributed by atoms with E-state index in [1.807, 2.05) is 24.3 Å². The number of carbonyl (C=O) groups excluding carboxylic acids is 1. The number of benzene rings is 1. The van der Waals surface area contributed by atoms with E-state index in [0.29, 0.717) is 29.7 Å². The molecular formula is C15H14BrClN2O3S. The number of halogens is 2. The van der Waals surface area contributed by atoms with Crippen molar-refractivity contribution in [2.24, 2.45) is 0 Å². The third-order valence-electron chi connectivity index (χ3n) is 3.52. The molecule has 8 heteroatoms. The zero-order chi connectivity index (χ0) is 16.4. The first kappa shape index (κ1) is 16.7. The Morgan fingerprint density at radius 2 is 2.22 bits per heavy atom. The molecule has 3 rings (SSSR count). The summed E-state index contributed by atoms with van der Waals surface area (Å²) in [7, 11) is 1.33. The van der Waals surface area contributed by atoms with Gasteiger partial charge in [-0.2, -0.15) is 0 Å². The fourth-order valence-corrected chi connectivity index (χ4v) is 3.85. The maximum atomic E-state index is 11.7. The lowest BCUT2D eigenvalue weighted by Crippen LogP contribution is -2.38. The van der Waals surface area contributed by atoms with Crippen LogP contribution >= 0.6 is 38.9 Å². The SMILES string of the molecule is COC(=O)c1sc(N2CCOC(c3ccc(Br)cc3)C2)nc1Cl. The van der Waals surface area contributed by atoms with Crippen molar-refractivity contribution in [2.45, 2.75) is 6.10 Å². The standard InChI is InChI=1S/C15H14BrClN2O3S/c1-21-14(20)12-13(17)18-15(23-12)19-6-7-22-11(8-19)9-2-4-10(16)5-3-9/h2-5,11H,6-8H2,1H3. The minimum atomic E-state index is -0.462. The van der Waals surface area contributed by atoms with Crippen LogP contribution in [0, 0.1) is 0 Å². The number of carbonyl (C=O) groups is 1. The number of methoxy groups -OCH3 is 1. The van der Waals surface area contributed by atoms with Gasteiger partial charge in [-0.3, -0.25) is 0 Å². The first-order chi connectivity index (χ1) is 11.1. The maximum absolute atomic E-state index is 11.7. The number of aromatic nitrogens is 1. The Labute approximate surface area is 151 Å². The van der Waals surface area contributed by atoms with Gasteiger partial charge in [-0.25, -0.2) is 9.78 Å². The Morgan fingerprint density at radius 1 is 1.48 bits per heavy atom. The highest BCUT2D eigenvalue weighted by atomic mass is 79.9. The maximum Gasteiger partial charge on any atom is 0.351 e. The van der Waals surface area contributed by atoms with Gasteiger partial charge in [-0.15, -0.1) is 0 Å². The Balaban J connectivity index is 1.78. The molecule has 1 aliphatic heterocycles. The number of thiazole rings is 1. The zero-order valence-corrected chi connectivity index (χ0v) is 15.4. The molecule has 0 radical (unpaired) electrons. The fourth-order valence-electron chi connectivity index (χ4n) is 2.35. The molecule has 122 valence electrons. The summed E-state index contributed by atoms with van der Waals surface area (Å²) in [6, 6.07) is 8.06. The molecule has 0 N–H and O–H groups in total. The highest BCUT2D eigenvalue weighted by molar-refractivity contribution is 9.10. The van der Waals surface area contributed by atoms with Crippen LogP contribution in [0.4, 0.5) is 5.13 Å². The minimum absolute atomic E-state index is 0.0406. The number of esters is 1. The molecule has 1 aromatic heterocycles. The average molecular weight is 418 g/mol. The molecule has 1 aliphatic rings. The number of ether oxygens (including phenoxy) is 2. The number of anilines is 1. The first-order valence-electron chi connectivity index (χ1n) is 6.95. The predicted molar refractivity (Wildman–Crippen MR) is 93.5 cm³/mol. The summed E-state index contributed by atoms with van der Waals surface area (Å²) in [4.78, 5) is 18.4. The highest BCUT2D eigenvalue weighted by Crippen LogP contribution is 2.33. The third-order valence-corrected chi connectivity index (χ3v) is 5.53. The second-order valence-electron chi connectivity index (χ2n) is 4.96. The molecule has 0 spiro atoms. The molecule has 0 aliphatic carbocycles. The molecule has 2 aromatic rings. The van der Waals surface area contributed by atoms with E-state index in [4.69, 9.17) is 21.1 Å². The van der Waals surface area contributed by atoms with Crippen molar-refractivity contribution >= 4 is 50.0 Å². The number of morpholine rings is 1. The molecule has 1 fully saturated rings. The largest absolute Gasteiger partial charge is 0.465 e. The monoisotopic (exact) mass is 416 g/mol. The van der Waals surface area contributed by atoms with Crippen molar-refractivity contribution < 1.29 is 14.3 Å². The molecule has 1 atom stereocenters. The predicted octanol–water partition coefficient (Wildman–Crippen LogP) is 3.92. The van der Waals surface area contributed by atoms with Crippen LogP contribution in [-0.4, -0.2) is 37.8 Å². The summed E-state index contributed by atoms with van der Waals surface area (Å²) in [5.41, 5.74) is 1.11. The lowest BCUT2D eigenvalue weighted by molar-refractivity contribution is 0.0398. The Bertz CT molecular complexity index is 707. The lowest BCUT2D eigenvalue weighted by atomic mass is 10.1. The van der Waals surface area contributed by atoms with Gasteiger partial charge < -0.3 is 14.4 Å². The van der Waals surface area contributed by atoms with Crippen LogP contribution in [-0.2, 0) is 9.47 Å². The third kappa shape index (κ3) is 3.68. The molecule has 1 aromatic carbocycles. The summed E-state index contributed by atoms with van der Waals surface area (Å²) in [6.07, 6.45) is -0.0406. The van der Waals surface area contributed by atoms with Crippen LogP contribution in [0.1, 0.15) is 21.3 Å². The number of nitrogens with zero attached hydrogens (tertiary/aromatic N) is 2. The van der Waals surface area contributed by atoms with E-state index in [2.05, 4.69) is 25.8 Å². The van der Waals surface area contributed by atoms with Gasteiger partial charge >= 0.3 is 5.97 Å². The second-order valence-corrected chi connectivity index (χ2v) is 7.22. The smallest absolute Gasteiger partial charge is 0.351 e. The van der Waals surface area contributed by atoms with E-state index in [1.165, 1.54) is 18.4 Å². The van der Waals surface area contributed by atoms with Crippen LogP contribution < -0.4 is 4.90 Å². The van der Waals surface area contributed by atoms with Gasteiger partial charge in [-0.1, -0.05) is 51.0 Å². The minimum Gasteiger partial charge on any atom is -0.465 e. The van der Waals surface area contributed by atoms with E-state index in [0.717, 1.165) is 10.0 Å². The van der Waals surface area contributed by atoms with Crippen LogP contribution in [0.25, 0.3) is 0 Å². The van der Waals surface area contributed by atoms with Gasteiger partial charge in [0, 0.05) is 11.0 Å². The van der Waals surface area contributed by atoms with Crippen LogP contribution in [0.15, 0.2) is 28.7 Å².